The van der Waals surface area contributed by atoms with E-state index in [-0.39, 0.29) is 5.91 Å². The Morgan fingerprint density at radius 1 is 0.838 bits per heavy atom. The average Bonchev–Trinajstić information content (AvgIpc) is 2.96. The molecule has 188 valence electrons. The Balaban J connectivity index is 1.21. The number of hydrogen-bond acceptors (Lipinski definition) is 4. The monoisotopic (exact) mass is 492 g/mol. The van der Waals surface area contributed by atoms with Gasteiger partial charge < -0.3 is 14.4 Å². The summed E-state index contributed by atoms with van der Waals surface area (Å²) in [6.45, 7) is 4.35. The maximum Gasteiger partial charge on any atom is 0.253 e. The quantitative estimate of drug-likeness (QED) is 0.307. The zero-order chi connectivity index (χ0) is 25.5. The van der Waals surface area contributed by atoms with Crippen molar-refractivity contribution in [1.82, 2.24) is 9.80 Å². The zero-order valence-corrected chi connectivity index (χ0v) is 21.2. The van der Waals surface area contributed by atoms with E-state index in [0.29, 0.717) is 31.0 Å². The van der Waals surface area contributed by atoms with Gasteiger partial charge in [0.05, 0.1) is 7.11 Å². The summed E-state index contributed by atoms with van der Waals surface area (Å²) in [6.07, 6.45) is 4.34. The number of rotatable bonds is 8. The summed E-state index contributed by atoms with van der Waals surface area (Å²) < 4.78 is 11.8. The number of ether oxygens (including phenoxy) is 2. The lowest BCUT2D eigenvalue weighted by molar-refractivity contribution is 0.0650. The number of methoxy groups -OCH3 is 1. The molecule has 1 heterocycles. The fourth-order valence-electron chi connectivity index (χ4n) is 4.72. The summed E-state index contributed by atoms with van der Waals surface area (Å²) in [5, 5.41) is 2.19. The first kappa shape index (κ1) is 24.6. The standard InChI is InChI=1S/C32H32N2O3/c1-36-30-17-16-27(23-28(30)24-37-31-15-7-13-26-12-5-6-14-29(26)31)32(35)34-21-19-33(20-22-34)18-8-11-25-9-3-2-4-10-25/h2-17,23H,18-22,24H2,1H3/b11-8+. The van der Waals surface area contributed by atoms with Gasteiger partial charge in [0.15, 0.2) is 0 Å². The summed E-state index contributed by atoms with van der Waals surface area (Å²) in [5.74, 6) is 1.58. The highest BCUT2D eigenvalue weighted by Gasteiger charge is 2.22. The predicted molar refractivity (Wildman–Crippen MR) is 149 cm³/mol. The Morgan fingerprint density at radius 3 is 2.41 bits per heavy atom. The van der Waals surface area contributed by atoms with Crippen molar-refractivity contribution in [2.24, 2.45) is 0 Å². The summed E-state index contributed by atoms with van der Waals surface area (Å²) in [5.41, 5.74) is 2.72. The van der Waals surface area contributed by atoms with Crippen LogP contribution in [-0.2, 0) is 6.61 Å². The van der Waals surface area contributed by atoms with E-state index in [2.05, 4.69) is 47.4 Å². The maximum absolute atomic E-state index is 13.3. The molecule has 1 saturated heterocycles. The van der Waals surface area contributed by atoms with Crippen molar-refractivity contribution in [2.45, 2.75) is 6.61 Å². The van der Waals surface area contributed by atoms with Crippen molar-refractivity contribution in [2.75, 3.05) is 39.8 Å². The molecule has 5 rings (SSSR count). The third kappa shape index (κ3) is 6.01. The molecule has 5 heteroatoms. The fraction of sp³-hybridized carbons (Fsp3) is 0.219. The molecule has 0 aromatic heterocycles. The minimum atomic E-state index is 0.0496. The van der Waals surface area contributed by atoms with Gasteiger partial charge in [0, 0.05) is 49.2 Å². The first-order chi connectivity index (χ1) is 18.2. The molecular formula is C32H32N2O3. The van der Waals surface area contributed by atoms with Gasteiger partial charge in [-0.15, -0.1) is 0 Å². The molecule has 0 bridgehead atoms. The van der Waals surface area contributed by atoms with Crippen LogP contribution in [0.4, 0.5) is 0 Å². The van der Waals surface area contributed by atoms with Crippen LogP contribution in [0.25, 0.3) is 16.8 Å². The molecule has 1 aliphatic heterocycles. The van der Waals surface area contributed by atoms with Crippen molar-refractivity contribution in [3.8, 4) is 11.5 Å². The highest BCUT2D eigenvalue weighted by atomic mass is 16.5. The largest absolute Gasteiger partial charge is 0.496 e. The minimum Gasteiger partial charge on any atom is -0.496 e. The number of benzene rings is 4. The van der Waals surface area contributed by atoms with Crippen molar-refractivity contribution in [1.29, 1.82) is 0 Å². The molecule has 1 fully saturated rings. The van der Waals surface area contributed by atoms with E-state index in [4.69, 9.17) is 9.47 Å². The molecule has 4 aromatic carbocycles. The van der Waals surface area contributed by atoms with Crippen LogP contribution in [0, 0.1) is 0 Å². The molecule has 5 nitrogen and oxygen atoms in total. The van der Waals surface area contributed by atoms with Crippen molar-refractivity contribution in [3.05, 3.63) is 114 Å². The first-order valence-electron chi connectivity index (χ1n) is 12.7. The number of carbonyl (C=O) groups is 1. The normalized spacial score (nSPS) is 14.2. The number of amides is 1. The van der Waals surface area contributed by atoms with Crippen LogP contribution in [0.1, 0.15) is 21.5 Å². The van der Waals surface area contributed by atoms with Gasteiger partial charge in [-0.1, -0.05) is 78.9 Å². The third-order valence-electron chi connectivity index (χ3n) is 6.79. The molecule has 4 aromatic rings. The van der Waals surface area contributed by atoms with Crippen LogP contribution in [0.5, 0.6) is 11.5 Å². The van der Waals surface area contributed by atoms with Gasteiger partial charge in [0.2, 0.25) is 0 Å². The van der Waals surface area contributed by atoms with Crippen LogP contribution in [0.2, 0.25) is 0 Å². The third-order valence-corrected chi connectivity index (χ3v) is 6.79. The van der Waals surface area contributed by atoms with Crippen molar-refractivity contribution >= 4 is 22.8 Å². The second-order valence-electron chi connectivity index (χ2n) is 9.20. The van der Waals surface area contributed by atoms with Gasteiger partial charge >= 0.3 is 0 Å². The summed E-state index contributed by atoms with van der Waals surface area (Å²) in [6, 6.07) is 30.1. The Morgan fingerprint density at radius 2 is 1.59 bits per heavy atom. The van der Waals surface area contributed by atoms with Crippen LogP contribution in [0.15, 0.2) is 97.1 Å². The predicted octanol–water partition coefficient (Wildman–Crippen LogP) is 5.90. The van der Waals surface area contributed by atoms with E-state index in [1.165, 1.54) is 5.56 Å². The second-order valence-corrected chi connectivity index (χ2v) is 9.20. The van der Waals surface area contributed by atoms with E-state index in [1.807, 2.05) is 65.6 Å². The van der Waals surface area contributed by atoms with Crippen molar-refractivity contribution < 1.29 is 14.3 Å². The molecule has 0 atom stereocenters. The van der Waals surface area contributed by atoms with Gasteiger partial charge in [0.25, 0.3) is 5.91 Å². The molecule has 1 amide bonds. The molecule has 0 spiro atoms. The summed E-state index contributed by atoms with van der Waals surface area (Å²) >= 11 is 0. The zero-order valence-electron chi connectivity index (χ0n) is 21.2. The lowest BCUT2D eigenvalue weighted by atomic mass is 10.1. The van der Waals surface area contributed by atoms with E-state index in [1.54, 1.807) is 7.11 Å². The lowest BCUT2D eigenvalue weighted by Gasteiger charge is -2.34. The van der Waals surface area contributed by atoms with Crippen LogP contribution >= 0.6 is 0 Å². The maximum atomic E-state index is 13.3. The van der Waals surface area contributed by atoms with Gasteiger partial charge in [-0.3, -0.25) is 9.69 Å². The highest BCUT2D eigenvalue weighted by molar-refractivity contribution is 5.94. The Labute approximate surface area is 218 Å². The summed E-state index contributed by atoms with van der Waals surface area (Å²) in [4.78, 5) is 17.6. The van der Waals surface area contributed by atoms with Gasteiger partial charge in [0.1, 0.15) is 18.1 Å². The second kappa shape index (κ2) is 11.8. The molecule has 0 radical (unpaired) electrons. The Kier molecular flexibility index (Phi) is 7.82. The number of carbonyl (C=O) groups excluding carboxylic acids is 1. The number of piperazine rings is 1. The van der Waals surface area contributed by atoms with E-state index >= 15 is 0 Å². The highest BCUT2D eigenvalue weighted by Crippen LogP contribution is 2.28. The number of hydrogen-bond donors (Lipinski definition) is 0. The number of nitrogens with zero attached hydrogens (tertiary/aromatic N) is 2. The first-order valence-corrected chi connectivity index (χ1v) is 12.7. The lowest BCUT2D eigenvalue weighted by Crippen LogP contribution is -2.48. The topological polar surface area (TPSA) is 42.0 Å². The van der Waals surface area contributed by atoms with Crippen molar-refractivity contribution in [3.63, 3.8) is 0 Å². The van der Waals surface area contributed by atoms with Gasteiger partial charge in [-0.25, -0.2) is 0 Å². The fourth-order valence-corrected chi connectivity index (χ4v) is 4.72. The SMILES string of the molecule is COc1ccc(C(=O)N2CCN(C/C=C/c3ccccc3)CC2)cc1COc1cccc2ccccc12. The smallest absolute Gasteiger partial charge is 0.253 e. The molecule has 1 aliphatic rings. The molecule has 0 saturated carbocycles. The van der Waals surface area contributed by atoms with E-state index < -0.39 is 0 Å². The van der Waals surface area contributed by atoms with Gasteiger partial charge in [-0.2, -0.15) is 0 Å². The molecule has 0 unspecified atom stereocenters. The van der Waals surface area contributed by atoms with Gasteiger partial charge in [-0.05, 0) is 35.2 Å². The molecule has 37 heavy (non-hydrogen) atoms. The Hall–Kier alpha value is -4.09. The van der Waals surface area contributed by atoms with Crippen LogP contribution in [-0.4, -0.2) is 55.5 Å². The van der Waals surface area contributed by atoms with E-state index in [9.17, 15) is 4.79 Å². The van der Waals surface area contributed by atoms with Crippen LogP contribution in [0.3, 0.4) is 0 Å². The molecule has 0 aliphatic carbocycles. The minimum absolute atomic E-state index is 0.0496. The molecule has 0 N–H and O–H groups in total. The molecular weight excluding hydrogens is 460 g/mol. The summed E-state index contributed by atoms with van der Waals surface area (Å²) in [7, 11) is 1.64. The average molecular weight is 493 g/mol. The van der Waals surface area contributed by atoms with E-state index in [0.717, 1.165) is 41.7 Å². The number of fused-ring (bicyclic) bond motifs is 1. The Bertz CT molecular complexity index is 1370. The van der Waals surface area contributed by atoms with Crippen LogP contribution < -0.4 is 9.47 Å².